The molecule has 1 atom stereocenters. The molecule has 3 aromatic rings. The van der Waals surface area contributed by atoms with Crippen LogP contribution in [0.15, 0.2) is 41.3 Å². The highest BCUT2D eigenvalue weighted by Crippen LogP contribution is 2.26. The largest absolute Gasteiger partial charge is 0.368 e. The van der Waals surface area contributed by atoms with Crippen LogP contribution < -0.4 is 9.62 Å². The predicted octanol–water partition coefficient (Wildman–Crippen LogP) is 4.26. The highest BCUT2D eigenvalue weighted by atomic mass is 32.2. The Hall–Kier alpha value is -2.49. The summed E-state index contributed by atoms with van der Waals surface area (Å²) >= 11 is 1.46. The molecule has 7 nitrogen and oxygen atoms in total. The third-order valence-corrected chi connectivity index (χ3v) is 8.78. The quantitative estimate of drug-likeness (QED) is 0.509. The standard InChI is InChI=1S/C26H34N4O3S2/c1-17(2)14-23(28-35(32,33)21-8-9-22-25(16-21)34-20(5)27-22)26(31)30-12-10-29(11-13-30)24-15-18(3)6-7-19(24)4/h6-9,15-17,23,28H,10-14H2,1-5H3. The molecule has 0 radical (unpaired) electrons. The number of aromatic nitrogens is 1. The minimum atomic E-state index is -3.86. The number of benzene rings is 2. The minimum absolute atomic E-state index is 0.155. The van der Waals surface area contributed by atoms with Crippen molar-refractivity contribution in [2.75, 3.05) is 31.1 Å². The van der Waals surface area contributed by atoms with Crippen molar-refractivity contribution >= 4 is 43.2 Å². The zero-order chi connectivity index (χ0) is 25.3. The van der Waals surface area contributed by atoms with Gasteiger partial charge in [-0.1, -0.05) is 26.0 Å². The van der Waals surface area contributed by atoms with Crippen molar-refractivity contribution in [1.82, 2.24) is 14.6 Å². The van der Waals surface area contributed by atoms with E-state index in [-0.39, 0.29) is 16.7 Å². The van der Waals surface area contributed by atoms with E-state index in [2.05, 4.69) is 46.7 Å². The van der Waals surface area contributed by atoms with Crippen molar-refractivity contribution in [3.63, 3.8) is 0 Å². The summed E-state index contributed by atoms with van der Waals surface area (Å²) in [4.78, 5) is 22.2. The highest BCUT2D eigenvalue weighted by Gasteiger charge is 2.32. The average molecular weight is 515 g/mol. The van der Waals surface area contributed by atoms with Gasteiger partial charge in [0.25, 0.3) is 0 Å². The van der Waals surface area contributed by atoms with Crippen LogP contribution in [0.4, 0.5) is 5.69 Å². The zero-order valence-electron chi connectivity index (χ0n) is 21.0. The smallest absolute Gasteiger partial charge is 0.241 e. The maximum atomic E-state index is 13.5. The lowest BCUT2D eigenvalue weighted by atomic mass is 10.0. The molecular weight excluding hydrogens is 480 g/mol. The molecule has 0 spiro atoms. The summed E-state index contributed by atoms with van der Waals surface area (Å²) in [6.45, 7) is 12.6. The maximum absolute atomic E-state index is 13.5. The lowest BCUT2D eigenvalue weighted by Gasteiger charge is -2.38. The number of nitrogens with one attached hydrogen (secondary N) is 1. The first-order valence-corrected chi connectivity index (χ1v) is 14.3. The van der Waals surface area contributed by atoms with Crippen molar-refractivity contribution in [2.45, 2.75) is 52.0 Å². The molecule has 35 heavy (non-hydrogen) atoms. The molecule has 0 saturated carbocycles. The van der Waals surface area contributed by atoms with Gasteiger partial charge >= 0.3 is 0 Å². The van der Waals surface area contributed by atoms with Crippen LogP contribution in [-0.2, 0) is 14.8 Å². The van der Waals surface area contributed by atoms with Crippen LogP contribution in [-0.4, -0.2) is 56.4 Å². The molecule has 1 aliphatic rings. The van der Waals surface area contributed by atoms with Crippen LogP contribution in [0.2, 0.25) is 0 Å². The molecule has 1 fully saturated rings. The number of nitrogens with zero attached hydrogens (tertiary/aromatic N) is 3. The normalized spacial score (nSPS) is 15.7. The molecule has 2 aromatic carbocycles. The Labute approximate surface area is 212 Å². The summed E-state index contributed by atoms with van der Waals surface area (Å²) in [6.07, 6.45) is 0.442. The van der Waals surface area contributed by atoms with Gasteiger partial charge in [-0.05, 0) is 68.5 Å². The molecular formula is C26H34N4O3S2. The van der Waals surface area contributed by atoms with Gasteiger partial charge in [0.15, 0.2) is 0 Å². The van der Waals surface area contributed by atoms with Gasteiger partial charge in [0.2, 0.25) is 15.9 Å². The molecule has 0 aliphatic carbocycles. The molecule has 1 aliphatic heterocycles. The summed E-state index contributed by atoms with van der Waals surface area (Å²) in [5.74, 6) is 0.00658. The van der Waals surface area contributed by atoms with E-state index in [0.29, 0.717) is 19.5 Å². The molecule has 1 saturated heterocycles. The SMILES string of the molecule is Cc1ccc(C)c(N2CCN(C(=O)C(CC(C)C)NS(=O)(=O)c3ccc4nc(C)sc4c3)CC2)c1. The Morgan fingerprint density at radius 2 is 1.77 bits per heavy atom. The monoisotopic (exact) mass is 514 g/mol. The van der Waals surface area contributed by atoms with Crippen molar-refractivity contribution in [3.8, 4) is 0 Å². The number of sulfonamides is 1. The zero-order valence-corrected chi connectivity index (χ0v) is 22.7. The van der Waals surface area contributed by atoms with Crippen LogP contribution in [0.1, 0.15) is 36.4 Å². The van der Waals surface area contributed by atoms with Gasteiger partial charge in [-0.2, -0.15) is 4.72 Å². The number of fused-ring (bicyclic) bond motifs is 1. The summed E-state index contributed by atoms with van der Waals surface area (Å²) in [7, 11) is -3.86. The molecule has 1 unspecified atom stereocenters. The number of aryl methyl sites for hydroxylation is 3. The fourth-order valence-electron chi connectivity index (χ4n) is 4.56. The first-order valence-electron chi connectivity index (χ1n) is 12.0. The third kappa shape index (κ3) is 5.85. The topological polar surface area (TPSA) is 82.6 Å². The Morgan fingerprint density at radius 1 is 1.06 bits per heavy atom. The second-order valence-corrected chi connectivity index (χ2v) is 12.7. The lowest BCUT2D eigenvalue weighted by Crippen LogP contribution is -2.55. The first kappa shape index (κ1) is 25.6. The van der Waals surface area contributed by atoms with E-state index >= 15 is 0 Å². The number of anilines is 1. The van der Waals surface area contributed by atoms with E-state index in [1.165, 1.54) is 28.2 Å². The summed E-state index contributed by atoms with van der Waals surface area (Å²) in [6, 6.07) is 10.5. The lowest BCUT2D eigenvalue weighted by molar-refractivity contribution is -0.133. The number of rotatable bonds is 7. The highest BCUT2D eigenvalue weighted by molar-refractivity contribution is 7.89. The first-order chi connectivity index (χ1) is 16.5. The summed E-state index contributed by atoms with van der Waals surface area (Å²) < 4.78 is 30.1. The Morgan fingerprint density at radius 3 is 2.46 bits per heavy atom. The second-order valence-electron chi connectivity index (χ2n) is 9.77. The van der Waals surface area contributed by atoms with E-state index in [0.717, 1.165) is 28.3 Å². The van der Waals surface area contributed by atoms with E-state index in [4.69, 9.17) is 0 Å². The molecule has 188 valence electrons. The number of piperazine rings is 1. The molecule has 1 aromatic heterocycles. The number of carbonyl (C=O) groups excluding carboxylic acids is 1. The number of amides is 1. The predicted molar refractivity (Wildman–Crippen MR) is 143 cm³/mol. The summed E-state index contributed by atoms with van der Waals surface area (Å²) in [5, 5.41) is 0.885. The molecule has 9 heteroatoms. The van der Waals surface area contributed by atoms with Crippen molar-refractivity contribution in [2.24, 2.45) is 5.92 Å². The fraction of sp³-hybridized carbons (Fsp3) is 0.462. The second kappa shape index (κ2) is 10.2. The third-order valence-electron chi connectivity index (χ3n) is 6.38. The number of hydrogen-bond acceptors (Lipinski definition) is 6. The molecule has 0 bridgehead atoms. The number of thiazole rings is 1. The van der Waals surface area contributed by atoms with Gasteiger partial charge in [-0.25, -0.2) is 13.4 Å². The minimum Gasteiger partial charge on any atom is -0.368 e. The van der Waals surface area contributed by atoms with Crippen LogP contribution in [0.25, 0.3) is 10.2 Å². The molecule has 4 rings (SSSR count). The van der Waals surface area contributed by atoms with Gasteiger partial charge in [0.05, 0.1) is 20.1 Å². The van der Waals surface area contributed by atoms with E-state index < -0.39 is 16.1 Å². The van der Waals surface area contributed by atoms with E-state index in [9.17, 15) is 13.2 Å². The van der Waals surface area contributed by atoms with Gasteiger partial charge in [0, 0.05) is 31.9 Å². The van der Waals surface area contributed by atoms with Gasteiger partial charge < -0.3 is 9.80 Å². The molecule has 2 heterocycles. The molecule has 1 N–H and O–H groups in total. The fourth-order valence-corrected chi connectivity index (χ4v) is 6.73. The van der Waals surface area contributed by atoms with Crippen molar-refractivity contribution in [1.29, 1.82) is 0 Å². The van der Waals surface area contributed by atoms with Gasteiger partial charge in [-0.15, -0.1) is 11.3 Å². The van der Waals surface area contributed by atoms with E-state index in [1.807, 2.05) is 20.8 Å². The van der Waals surface area contributed by atoms with Crippen LogP contribution in [0, 0.1) is 26.7 Å². The summed E-state index contributed by atoms with van der Waals surface area (Å²) in [5.41, 5.74) is 4.41. The molecule has 1 amide bonds. The maximum Gasteiger partial charge on any atom is 0.241 e. The Balaban J connectivity index is 1.48. The van der Waals surface area contributed by atoms with E-state index in [1.54, 1.807) is 23.1 Å². The van der Waals surface area contributed by atoms with Crippen LogP contribution >= 0.6 is 11.3 Å². The Bertz CT molecular complexity index is 1330. The number of carbonyl (C=O) groups is 1. The van der Waals surface area contributed by atoms with Crippen molar-refractivity contribution < 1.29 is 13.2 Å². The average Bonchev–Trinajstić information content (AvgIpc) is 3.18. The van der Waals surface area contributed by atoms with Gasteiger partial charge in [-0.3, -0.25) is 4.79 Å². The number of hydrogen-bond donors (Lipinski definition) is 1. The van der Waals surface area contributed by atoms with Crippen molar-refractivity contribution in [3.05, 3.63) is 52.5 Å². The van der Waals surface area contributed by atoms with Crippen LogP contribution in [0.5, 0.6) is 0 Å². The van der Waals surface area contributed by atoms with Crippen LogP contribution in [0.3, 0.4) is 0 Å². The van der Waals surface area contributed by atoms with Gasteiger partial charge in [0.1, 0.15) is 6.04 Å². The Kier molecular flexibility index (Phi) is 7.49.